The highest BCUT2D eigenvalue weighted by molar-refractivity contribution is 5.77. The average molecular weight is 421 g/mol. The Kier molecular flexibility index (Phi) is 6.69. The maximum Gasteiger partial charge on any atom is 0.277 e. The van der Waals surface area contributed by atoms with Crippen molar-refractivity contribution < 1.29 is 4.79 Å². The van der Waals surface area contributed by atoms with Crippen LogP contribution in [0.3, 0.4) is 0 Å². The van der Waals surface area contributed by atoms with E-state index in [4.69, 9.17) is 0 Å². The largest absolute Gasteiger partial charge is 0.346 e. The first-order valence-electron chi connectivity index (χ1n) is 10.7. The predicted octanol–water partition coefficient (Wildman–Crippen LogP) is 2.03. The highest BCUT2D eigenvalue weighted by Gasteiger charge is 2.24. The Balaban J connectivity index is 1.21. The van der Waals surface area contributed by atoms with Gasteiger partial charge in [-0.05, 0) is 37.0 Å². The molecule has 4 rings (SSSR count). The van der Waals surface area contributed by atoms with E-state index in [1.165, 1.54) is 10.2 Å². The highest BCUT2D eigenvalue weighted by atomic mass is 16.2. The lowest BCUT2D eigenvalue weighted by Crippen LogP contribution is -2.33. The number of benzene rings is 2. The molecule has 2 N–H and O–H groups in total. The van der Waals surface area contributed by atoms with Crippen molar-refractivity contribution in [2.45, 2.75) is 44.3 Å². The van der Waals surface area contributed by atoms with Crippen LogP contribution in [0.15, 0.2) is 59.4 Å². The molecule has 8 heteroatoms. The van der Waals surface area contributed by atoms with E-state index < -0.39 is 0 Å². The van der Waals surface area contributed by atoms with Crippen molar-refractivity contribution in [3.05, 3.63) is 70.5 Å². The second kappa shape index (κ2) is 9.80. The molecule has 2 aromatic carbocycles. The molecule has 1 amide bonds. The molecule has 1 saturated heterocycles. The van der Waals surface area contributed by atoms with Crippen LogP contribution in [0.5, 0.6) is 0 Å². The number of aryl methyl sites for hydroxylation is 1. The summed E-state index contributed by atoms with van der Waals surface area (Å²) in [7, 11) is 1.81. The Morgan fingerprint density at radius 3 is 2.74 bits per heavy atom. The SMILES string of the molecule is CN(CCCC1CC(c2ccccc2)NN1)C(=O)CCn1nnc2ccccc2c1=O. The van der Waals surface area contributed by atoms with Crippen molar-refractivity contribution in [3.8, 4) is 0 Å². The fourth-order valence-corrected chi connectivity index (χ4v) is 3.98. The highest BCUT2D eigenvalue weighted by Crippen LogP contribution is 2.23. The van der Waals surface area contributed by atoms with Crippen molar-refractivity contribution in [2.75, 3.05) is 13.6 Å². The Hall–Kier alpha value is -3.10. The number of carbonyl (C=O) groups is 1. The van der Waals surface area contributed by atoms with E-state index in [1.807, 2.05) is 19.2 Å². The summed E-state index contributed by atoms with van der Waals surface area (Å²) in [5.41, 5.74) is 8.37. The van der Waals surface area contributed by atoms with Crippen LogP contribution in [0.4, 0.5) is 0 Å². The molecule has 0 saturated carbocycles. The summed E-state index contributed by atoms with van der Waals surface area (Å²) >= 11 is 0. The number of carbonyl (C=O) groups excluding carboxylic acids is 1. The van der Waals surface area contributed by atoms with Gasteiger partial charge in [0.2, 0.25) is 5.91 Å². The number of aromatic nitrogens is 3. The number of hydrazine groups is 1. The molecule has 2 atom stereocenters. The summed E-state index contributed by atoms with van der Waals surface area (Å²) < 4.78 is 1.27. The lowest BCUT2D eigenvalue weighted by Gasteiger charge is -2.18. The summed E-state index contributed by atoms with van der Waals surface area (Å²) in [4.78, 5) is 26.7. The van der Waals surface area contributed by atoms with Crippen LogP contribution >= 0.6 is 0 Å². The molecule has 162 valence electrons. The van der Waals surface area contributed by atoms with Crippen LogP contribution < -0.4 is 16.4 Å². The molecule has 31 heavy (non-hydrogen) atoms. The topological polar surface area (TPSA) is 92.2 Å². The Bertz CT molecular complexity index is 1080. The normalized spacial score (nSPS) is 18.4. The van der Waals surface area contributed by atoms with Gasteiger partial charge < -0.3 is 4.90 Å². The monoisotopic (exact) mass is 420 g/mol. The number of hydrogen-bond donors (Lipinski definition) is 2. The van der Waals surface area contributed by atoms with E-state index in [1.54, 1.807) is 23.1 Å². The number of fused-ring (bicyclic) bond motifs is 1. The third-order valence-electron chi connectivity index (χ3n) is 5.82. The lowest BCUT2D eigenvalue weighted by molar-refractivity contribution is -0.130. The summed E-state index contributed by atoms with van der Waals surface area (Å²) in [6, 6.07) is 18.2. The van der Waals surface area contributed by atoms with Crippen molar-refractivity contribution in [3.63, 3.8) is 0 Å². The zero-order valence-corrected chi connectivity index (χ0v) is 17.7. The molecule has 0 aliphatic carbocycles. The molecular formula is C23H28N6O2. The van der Waals surface area contributed by atoms with Gasteiger partial charge >= 0.3 is 0 Å². The fourth-order valence-electron chi connectivity index (χ4n) is 3.98. The Labute approximate surface area is 181 Å². The molecule has 1 aromatic heterocycles. The molecule has 0 radical (unpaired) electrons. The van der Waals surface area contributed by atoms with Crippen molar-refractivity contribution in [1.29, 1.82) is 0 Å². The third kappa shape index (κ3) is 5.15. The van der Waals surface area contributed by atoms with Gasteiger partial charge in [-0.1, -0.05) is 47.7 Å². The summed E-state index contributed by atoms with van der Waals surface area (Å²) in [6.45, 7) is 0.915. The van der Waals surface area contributed by atoms with Gasteiger partial charge in [0.25, 0.3) is 5.56 Å². The van der Waals surface area contributed by atoms with Crippen molar-refractivity contribution in [1.82, 2.24) is 30.7 Å². The zero-order valence-electron chi connectivity index (χ0n) is 17.7. The van der Waals surface area contributed by atoms with E-state index in [0.29, 0.717) is 29.5 Å². The number of rotatable bonds is 8. The van der Waals surface area contributed by atoms with E-state index in [2.05, 4.69) is 45.4 Å². The van der Waals surface area contributed by atoms with Gasteiger partial charge in [-0.3, -0.25) is 20.4 Å². The second-order valence-corrected chi connectivity index (χ2v) is 8.03. The molecule has 1 aliphatic rings. The molecule has 1 fully saturated rings. The Morgan fingerprint density at radius 1 is 1.13 bits per heavy atom. The van der Waals surface area contributed by atoms with Gasteiger partial charge in [-0.15, -0.1) is 5.10 Å². The van der Waals surface area contributed by atoms with Crippen LogP contribution in [0, 0.1) is 0 Å². The number of nitrogens with zero attached hydrogens (tertiary/aromatic N) is 4. The van der Waals surface area contributed by atoms with E-state index >= 15 is 0 Å². The first-order valence-corrected chi connectivity index (χ1v) is 10.7. The van der Waals surface area contributed by atoms with Gasteiger partial charge in [0.15, 0.2) is 0 Å². The van der Waals surface area contributed by atoms with Gasteiger partial charge in [-0.25, -0.2) is 4.68 Å². The second-order valence-electron chi connectivity index (χ2n) is 8.03. The van der Waals surface area contributed by atoms with Crippen LogP contribution in [0.1, 0.15) is 37.3 Å². The van der Waals surface area contributed by atoms with E-state index in [-0.39, 0.29) is 24.4 Å². The summed E-state index contributed by atoms with van der Waals surface area (Å²) in [5.74, 6) is 0.00141. The van der Waals surface area contributed by atoms with E-state index in [0.717, 1.165) is 19.3 Å². The smallest absolute Gasteiger partial charge is 0.277 e. The first kappa shape index (κ1) is 21.1. The summed E-state index contributed by atoms with van der Waals surface area (Å²) in [5, 5.41) is 8.53. The van der Waals surface area contributed by atoms with Gasteiger partial charge in [-0.2, -0.15) is 0 Å². The van der Waals surface area contributed by atoms with E-state index in [9.17, 15) is 9.59 Å². The average Bonchev–Trinajstić information content (AvgIpc) is 3.28. The molecule has 3 aromatic rings. The minimum atomic E-state index is -0.214. The number of amides is 1. The molecule has 1 aliphatic heterocycles. The minimum Gasteiger partial charge on any atom is -0.346 e. The fraction of sp³-hybridized carbons (Fsp3) is 0.391. The molecule has 2 unspecified atom stereocenters. The standard InChI is InChI=1S/C23H28N6O2/c1-28(14-7-10-18-16-21(25-24-18)17-8-3-2-4-9-17)22(30)13-15-29-23(31)19-11-5-6-12-20(19)26-27-29/h2-6,8-9,11-12,18,21,24-25H,7,10,13-16H2,1H3. The van der Waals surface area contributed by atoms with Gasteiger partial charge in [0, 0.05) is 32.1 Å². The van der Waals surface area contributed by atoms with Gasteiger partial charge in [0.1, 0.15) is 5.52 Å². The predicted molar refractivity (Wildman–Crippen MR) is 119 cm³/mol. The van der Waals surface area contributed by atoms with Crippen molar-refractivity contribution >= 4 is 16.8 Å². The Morgan fingerprint density at radius 2 is 1.90 bits per heavy atom. The number of hydrogen-bond acceptors (Lipinski definition) is 6. The minimum absolute atomic E-state index is 0.00141. The first-order chi connectivity index (χ1) is 15.1. The molecule has 0 bridgehead atoms. The van der Waals surface area contributed by atoms with Crippen molar-refractivity contribution in [2.24, 2.45) is 0 Å². The molecule has 2 heterocycles. The molecule has 0 spiro atoms. The zero-order chi connectivity index (χ0) is 21.6. The van der Waals surface area contributed by atoms with Crippen LogP contribution in [-0.2, 0) is 11.3 Å². The quantitative estimate of drug-likeness (QED) is 0.579. The lowest BCUT2D eigenvalue weighted by atomic mass is 10.00. The maximum atomic E-state index is 12.5. The van der Waals surface area contributed by atoms with Gasteiger partial charge in [0.05, 0.1) is 11.9 Å². The third-order valence-corrected chi connectivity index (χ3v) is 5.82. The number of nitrogens with one attached hydrogen (secondary N) is 2. The molecule has 8 nitrogen and oxygen atoms in total. The molecular weight excluding hydrogens is 392 g/mol. The maximum absolute atomic E-state index is 12.5. The van der Waals surface area contributed by atoms with Crippen LogP contribution in [-0.4, -0.2) is 45.4 Å². The van der Waals surface area contributed by atoms with Crippen LogP contribution in [0.25, 0.3) is 10.9 Å². The summed E-state index contributed by atoms with van der Waals surface area (Å²) in [6.07, 6.45) is 3.16. The van der Waals surface area contributed by atoms with Crippen LogP contribution in [0.2, 0.25) is 0 Å².